The van der Waals surface area contributed by atoms with Crippen LogP contribution in [0.25, 0.3) is 21.9 Å². The lowest BCUT2D eigenvalue weighted by molar-refractivity contribution is 0.687. The molecule has 90 valence electrons. The summed E-state index contributed by atoms with van der Waals surface area (Å²) in [6.07, 6.45) is 5.54. The second kappa shape index (κ2) is 4.42. The van der Waals surface area contributed by atoms with Crippen LogP contribution in [0.3, 0.4) is 0 Å². The summed E-state index contributed by atoms with van der Waals surface area (Å²) in [7, 11) is -0.995. The molecule has 0 fully saturated rings. The number of nitrogens with one attached hydrogen (secondary N) is 1. The van der Waals surface area contributed by atoms with Gasteiger partial charge in [-0.05, 0) is 34.5 Å². The predicted molar refractivity (Wildman–Crippen MR) is 76.1 cm³/mol. The van der Waals surface area contributed by atoms with Gasteiger partial charge >= 0.3 is 0 Å². The van der Waals surface area contributed by atoms with Crippen molar-refractivity contribution in [2.45, 2.75) is 4.90 Å². The standard InChI is InChI=1S/C15H13NOS/c1-18(17)15-9-12-5-3-2-4-11(12)8-14(15)13-6-7-16-10-13/h2-10,16H,1H3. The third-order valence-corrected chi connectivity index (χ3v) is 4.02. The van der Waals surface area contributed by atoms with Crippen molar-refractivity contribution >= 4 is 21.6 Å². The molecule has 0 saturated heterocycles. The number of fused-ring (bicyclic) bond motifs is 1. The SMILES string of the molecule is CS(=O)c1cc2ccccc2cc1-c1cc[nH]c1. The highest BCUT2D eigenvalue weighted by molar-refractivity contribution is 7.84. The molecule has 0 saturated carbocycles. The average Bonchev–Trinajstić information content (AvgIpc) is 2.91. The lowest BCUT2D eigenvalue weighted by Gasteiger charge is -2.08. The van der Waals surface area contributed by atoms with E-state index in [0.29, 0.717) is 0 Å². The smallest absolute Gasteiger partial charge is 0.0504 e. The van der Waals surface area contributed by atoms with Gasteiger partial charge in [0.25, 0.3) is 0 Å². The number of benzene rings is 2. The normalized spacial score (nSPS) is 12.7. The largest absolute Gasteiger partial charge is 0.367 e. The molecule has 0 aliphatic rings. The molecule has 1 heterocycles. The zero-order valence-electron chi connectivity index (χ0n) is 10.0. The van der Waals surface area contributed by atoms with Crippen LogP contribution in [0, 0.1) is 0 Å². The number of hydrogen-bond acceptors (Lipinski definition) is 1. The van der Waals surface area contributed by atoms with Crippen molar-refractivity contribution in [1.82, 2.24) is 4.98 Å². The van der Waals surface area contributed by atoms with E-state index in [4.69, 9.17) is 0 Å². The zero-order valence-corrected chi connectivity index (χ0v) is 10.8. The van der Waals surface area contributed by atoms with Gasteiger partial charge in [-0.25, -0.2) is 0 Å². The van der Waals surface area contributed by atoms with E-state index in [1.54, 1.807) is 6.26 Å². The van der Waals surface area contributed by atoms with Crippen LogP contribution in [0.4, 0.5) is 0 Å². The first-order chi connectivity index (χ1) is 8.75. The van der Waals surface area contributed by atoms with Gasteiger partial charge in [-0.15, -0.1) is 0 Å². The molecule has 0 spiro atoms. The van der Waals surface area contributed by atoms with Gasteiger partial charge in [-0.1, -0.05) is 24.3 Å². The Bertz CT molecular complexity index is 716. The predicted octanol–water partition coefficient (Wildman–Crippen LogP) is 3.57. The van der Waals surface area contributed by atoms with E-state index in [0.717, 1.165) is 21.4 Å². The van der Waals surface area contributed by atoms with E-state index < -0.39 is 10.8 Å². The van der Waals surface area contributed by atoms with Crippen LogP contribution in [0.1, 0.15) is 0 Å². The maximum atomic E-state index is 11.9. The number of aromatic amines is 1. The highest BCUT2D eigenvalue weighted by Gasteiger charge is 2.10. The Kier molecular flexibility index (Phi) is 2.76. The third kappa shape index (κ3) is 1.87. The first-order valence-corrected chi connectivity index (χ1v) is 7.31. The van der Waals surface area contributed by atoms with Crippen LogP contribution in [-0.2, 0) is 10.8 Å². The van der Waals surface area contributed by atoms with Crippen molar-refractivity contribution in [2.24, 2.45) is 0 Å². The van der Waals surface area contributed by atoms with Crippen molar-refractivity contribution in [2.75, 3.05) is 6.26 Å². The Balaban J connectivity index is 2.34. The summed E-state index contributed by atoms with van der Waals surface area (Å²) >= 11 is 0. The van der Waals surface area contributed by atoms with Gasteiger partial charge in [-0.3, -0.25) is 4.21 Å². The summed E-state index contributed by atoms with van der Waals surface area (Å²) in [6, 6.07) is 14.3. The van der Waals surface area contributed by atoms with Crippen molar-refractivity contribution < 1.29 is 4.21 Å². The maximum absolute atomic E-state index is 11.9. The minimum Gasteiger partial charge on any atom is -0.367 e. The van der Waals surface area contributed by atoms with E-state index in [9.17, 15) is 4.21 Å². The monoisotopic (exact) mass is 255 g/mol. The number of aromatic nitrogens is 1. The molecule has 3 aromatic rings. The van der Waals surface area contributed by atoms with Gasteiger partial charge in [0.05, 0.1) is 10.8 Å². The molecule has 1 aromatic heterocycles. The Labute approximate surface area is 108 Å². The van der Waals surface area contributed by atoms with Gasteiger partial charge in [-0.2, -0.15) is 0 Å². The van der Waals surface area contributed by atoms with Crippen LogP contribution in [0.5, 0.6) is 0 Å². The molecule has 1 atom stereocenters. The molecule has 0 amide bonds. The van der Waals surface area contributed by atoms with Crippen LogP contribution in [0.15, 0.2) is 59.8 Å². The van der Waals surface area contributed by atoms with E-state index >= 15 is 0 Å². The molecule has 0 bridgehead atoms. The summed E-state index contributed by atoms with van der Waals surface area (Å²) in [6.45, 7) is 0. The minimum atomic E-state index is -0.995. The lowest BCUT2D eigenvalue weighted by atomic mass is 10.0. The number of rotatable bonds is 2. The first kappa shape index (κ1) is 11.2. The Morgan fingerprint density at radius 2 is 1.78 bits per heavy atom. The Morgan fingerprint density at radius 1 is 1.06 bits per heavy atom. The summed E-state index contributed by atoms with van der Waals surface area (Å²) in [4.78, 5) is 3.93. The van der Waals surface area contributed by atoms with Gasteiger partial charge in [0.2, 0.25) is 0 Å². The third-order valence-electron chi connectivity index (χ3n) is 3.07. The molecule has 2 aromatic carbocycles. The molecule has 3 rings (SSSR count). The highest BCUT2D eigenvalue weighted by Crippen LogP contribution is 2.30. The van der Waals surface area contributed by atoms with Gasteiger partial charge < -0.3 is 4.98 Å². The summed E-state index contributed by atoms with van der Waals surface area (Å²) in [5.41, 5.74) is 2.11. The van der Waals surface area contributed by atoms with Crippen LogP contribution >= 0.6 is 0 Å². The average molecular weight is 255 g/mol. The van der Waals surface area contributed by atoms with Gasteiger partial charge in [0, 0.05) is 29.1 Å². The molecule has 3 heteroatoms. The van der Waals surface area contributed by atoms with E-state index in [1.165, 1.54) is 5.39 Å². The number of hydrogen-bond donors (Lipinski definition) is 1. The highest BCUT2D eigenvalue weighted by atomic mass is 32.2. The molecular formula is C15H13NOS. The van der Waals surface area contributed by atoms with E-state index in [-0.39, 0.29) is 0 Å². The maximum Gasteiger partial charge on any atom is 0.0504 e. The second-order valence-electron chi connectivity index (χ2n) is 4.25. The van der Waals surface area contributed by atoms with Gasteiger partial charge in [0.15, 0.2) is 0 Å². The molecule has 1 unspecified atom stereocenters. The van der Waals surface area contributed by atoms with Crippen molar-refractivity contribution in [3.8, 4) is 11.1 Å². The molecule has 0 aliphatic carbocycles. The van der Waals surface area contributed by atoms with Crippen LogP contribution in [0.2, 0.25) is 0 Å². The van der Waals surface area contributed by atoms with Crippen molar-refractivity contribution in [3.05, 3.63) is 54.9 Å². The Hall–Kier alpha value is -1.87. The fraction of sp³-hybridized carbons (Fsp3) is 0.0667. The molecular weight excluding hydrogens is 242 g/mol. The zero-order chi connectivity index (χ0) is 12.5. The molecule has 0 aliphatic heterocycles. The van der Waals surface area contributed by atoms with Crippen LogP contribution in [-0.4, -0.2) is 15.4 Å². The van der Waals surface area contributed by atoms with Gasteiger partial charge in [0.1, 0.15) is 0 Å². The van der Waals surface area contributed by atoms with E-state index in [1.807, 2.05) is 42.7 Å². The lowest BCUT2D eigenvalue weighted by Crippen LogP contribution is -1.92. The number of H-pyrrole nitrogens is 1. The fourth-order valence-electron chi connectivity index (χ4n) is 2.17. The molecule has 1 N–H and O–H groups in total. The minimum absolute atomic E-state index is 0.883. The van der Waals surface area contributed by atoms with Crippen molar-refractivity contribution in [3.63, 3.8) is 0 Å². The van der Waals surface area contributed by atoms with Crippen molar-refractivity contribution in [1.29, 1.82) is 0 Å². The molecule has 0 radical (unpaired) electrons. The topological polar surface area (TPSA) is 32.9 Å². The fourth-order valence-corrected chi connectivity index (χ4v) is 2.95. The van der Waals surface area contributed by atoms with Crippen LogP contribution < -0.4 is 0 Å². The quantitative estimate of drug-likeness (QED) is 0.746. The first-order valence-electron chi connectivity index (χ1n) is 5.75. The summed E-state index contributed by atoms with van der Waals surface area (Å²) < 4.78 is 11.9. The summed E-state index contributed by atoms with van der Waals surface area (Å²) in [5, 5.41) is 2.30. The van der Waals surface area contributed by atoms with E-state index in [2.05, 4.69) is 17.1 Å². The molecule has 18 heavy (non-hydrogen) atoms. The second-order valence-corrected chi connectivity index (χ2v) is 5.60. The summed E-state index contributed by atoms with van der Waals surface area (Å²) in [5.74, 6) is 0. The molecule has 2 nitrogen and oxygen atoms in total. The Morgan fingerprint density at radius 3 is 2.39 bits per heavy atom.